The van der Waals surface area contributed by atoms with Gasteiger partial charge in [-0.2, -0.15) is 0 Å². The first kappa shape index (κ1) is 41.1. The minimum atomic E-state index is -1.30. The van der Waals surface area contributed by atoms with Crippen molar-refractivity contribution in [2.24, 2.45) is 0 Å². The number of aromatic hydroxyl groups is 2. The monoisotopic (exact) mass is 670 g/mol. The molecule has 0 spiro atoms. The minimum Gasteiger partial charge on any atom is -0.507 e. The Balaban J connectivity index is 2.09. The van der Waals surface area contributed by atoms with Crippen LogP contribution in [0.25, 0.3) is 0 Å². The second-order valence-electron chi connectivity index (χ2n) is 18.1. The second-order valence-corrected chi connectivity index (χ2v) is 18.1. The van der Waals surface area contributed by atoms with Crippen LogP contribution >= 0.6 is 0 Å². The number of carboxylic acid groups (broad SMARTS) is 1. The summed E-state index contributed by atoms with van der Waals surface area (Å²) in [6, 6.07) is 7.62. The summed E-state index contributed by atoms with van der Waals surface area (Å²) in [5.74, 6) is -1.01. The standard InChI is InChI=1S/C40H62O8/c1-24(46-32(41)17-16-25-18-27(36(2,3)4)33(42)28(19-25)37(5,6)7)23-40(14,15)48-47-31(35(44)45)22-26-20-29(38(8,9)10)34(43)30(21-26)39(11,12)13/h18-21,24,31,42-43H,16-17,22-23H2,1-15H3,(H,44,45). The molecule has 2 aromatic carbocycles. The van der Waals surface area contributed by atoms with Gasteiger partial charge in [0, 0.05) is 19.3 Å². The Morgan fingerprint density at radius 2 is 1.04 bits per heavy atom. The molecule has 0 saturated carbocycles. The Hall–Kier alpha value is -3.10. The minimum absolute atomic E-state index is 0.0352. The van der Waals surface area contributed by atoms with Gasteiger partial charge in [0.05, 0.1) is 0 Å². The highest BCUT2D eigenvalue weighted by molar-refractivity contribution is 5.73. The van der Waals surface area contributed by atoms with Gasteiger partial charge < -0.3 is 20.1 Å². The van der Waals surface area contributed by atoms with Crippen molar-refractivity contribution in [3.8, 4) is 11.5 Å². The molecule has 0 radical (unpaired) electrons. The number of carbonyl (C=O) groups excluding carboxylic acids is 1. The van der Waals surface area contributed by atoms with Crippen molar-refractivity contribution < 1.29 is 39.4 Å². The number of hydrogen-bond donors (Lipinski definition) is 3. The number of esters is 1. The number of carboxylic acids is 1. The Bertz CT molecular complexity index is 1370. The molecule has 0 bridgehead atoms. The molecule has 0 aliphatic rings. The van der Waals surface area contributed by atoms with E-state index in [1.165, 1.54) is 0 Å². The van der Waals surface area contributed by atoms with Crippen molar-refractivity contribution in [3.63, 3.8) is 0 Å². The van der Waals surface area contributed by atoms with Gasteiger partial charge in [0.2, 0.25) is 0 Å². The molecule has 0 saturated heterocycles. The third-order valence-electron chi connectivity index (χ3n) is 8.39. The highest BCUT2D eigenvalue weighted by atomic mass is 17.2. The molecular weight excluding hydrogens is 608 g/mol. The molecule has 0 heterocycles. The Kier molecular flexibility index (Phi) is 12.7. The normalized spacial score (nSPS) is 14.5. The van der Waals surface area contributed by atoms with E-state index >= 15 is 0 Å². The molecule has 3 N–H and O–H groups in total. The quantitative estimate of drug-likeness (QED) is 0.116. The van der Waals surface area contributed by atoms with Gasteiger partial charge in [0.25, 0.3) is 0 Å². The number of rotatable bonds is 12. The van der Waals surface area contributed by atoms with Crippen molar-refractivity contribution in [1.82, 2.24) is 0 Å². The van der Waals surface area contributed by atoms with E-state index in [-0.39, 0.29) is 52.6 Å². The van der Waals surface area contributed by atoms with E-state index in [0.29, 0.717) is 12.2 Å². The smallest absolute Gasteiger partial charge is 0.336 e. The summed E-state index contributed by atoms with van der Waals surface area (Å²) < 4.78 is 5.71. The zero-order valence-corrected chi connectivity index (χ0v) is 32.2. The van der Waals surface area contributed by atoms with Crippen LogP contribution in [0.1, 0.15) is 150 Å². The average molecular weight is 671 g/mol. The summed E-state index contributed by atoms with van der Waals surface area (Å²) in [7, 11) is 0. The van der Waals surface area contributed by atoms with Crippen LogP contribution in [-0.4, -0.2) is 45.1 Å². The van der Waals surface area contributed by atoms with E-state index < -0.39 is 23.8 Å². The van der Waals surface area contributed by atoms with Crippen LogP contribution in [-0.2, 0) is 58.6 Å². The van der Waals surface area contributed by atoms with Crippen molar-refractivity contribution in [3.05, 3.63) is 57.6 Å². The van der Waals surface area contributed by atoms with E-state index in [1.54, 1.807) is 20.8 Å². The van der Waals surface area contributed by atoms with E-state index in [2.05, 4.69) is 41.5 Å². The fourth-order valence-corrected chi connectivity index (χ4v) is 5.80. The number of phenolic OH excluding ortho intramolecular Hbond substituents is 2. The maximum atomic E-state index is 12.9. The van der Waals surface area contributed by atoms with Crippen LogP contribution in [0.3, 0.4) is 0 Å². The van der Waals surface area contributed by atoms with E-state index in [1.807, 2.05) is 65.8 Å². The van der Waals surface area contributed by atoms with E-state index in [4.69, 9.17) is 14.5 Å². The third kappa shape index (κ3) is 11.5. The Morgan fingerprint density at radius 1 is 0.667 bits per heavy atom. The summed E-state index contributed by atoms with van der Waals surface area (Å²) in [5, 5.41) is 32.1. The molecule has 2 unspecified atom stereocenters. The lowest BCUT2D eigenvalue weighted by atomic mass is 9.78. The Labute approximate surface area is 289 Å². The van der Waals surface area contributed by atoms with Gasteiger partial charge in [0.15, 0.2) is 6.10 Å². The highest BCUT2D eigenvalue weighted by Gasteiger charge is 2.32. The first-order valence-corrected chi connectivity index (χ1v) is 17.0. The predicted octanol–water partition coefficient (Wildman–Crippen LogP) is 8.96. The van der Waals surface area contributed by atoms with Crippen LogP contribution in [0.2, 0.25) is 0 Å². The fraction of sp³-hybridized carbons (Fsp3) is 0.650. The average Bonchev–Trinajstić information content (AvgIpc) is 2.87. The van der Waals surface area contributed by atoms with Crippen LogP contribution < -0.4 is 0 Å². The van der Waals surface area contributed by atoms with Crippen LogP contribution in [0, 0.1) is 0 Å². The van der Waals surface area contributed by atoms with E-state index in [9.17, 15) is 24.9 Å². The molecule has 8 nitrogen and oxygen atoms in total. The zero-order chi connectivity index (χ0) is 37.2. The van der Waals surface area contributed by atoms with Gasteiger partial charge in [-0.15, -0.1) is 0 Å². The van der Waals surface area contributed by atoms with Crippen LogP contribution in [0.4, 0.5) is 0 Å². The van der Waals surface area contributed by atoms with Gasteiger partial charge in [-0.25, -0.2) is 14.6 Å². The number of aliphatic carboxylic acids is 1. The molecule has 0 aliphatic carbocycles. The molecule has 2 rings (SSSR count). The van der Waals surface area contributed by atoms with Crippen LogP contribution in [0.5, 0.6) is 11.5 Å². The molecule has 2 atom stereocenters. The summed E-state index contributed by atoms with van der Waals surface area (Å²) in [6.07, 6.45) is -0.876. The first-order valence-electron chi connectivity index (χ1n) is 17.0. The summed E-state index contributed by atoms with van der Waals surface area (Å²) >= 11 is 0. The number of benzene rings is 2. The fourth-order valence-electron chi connectivity index (χ4n) is 5.80. The summed E-state index contributed by atoms with van der Waals surface area (Å²) in [4.78, 5) is 36.3. The first-order chi connectivity index (χ1) is 21.5. The van der Waals surface area contributed by atoms with Crippen LogP contribution in [0.15, 0.2) is 24.3 Å². The Morgan fingerprint density at radius 3 is 1.40 bits per heavy atom. The van der Waals surface area contributed by atoms with Crippen molar-refractivity contribution in [2.75, 3.05) is 0 Å². The predicted molar refractivity (Wildman–Crippen MR) is 191 cm³/mol. The summed E-state index contributed by atoms with van der Waals surface area (Å²) in [5.41, 5.74) is 2.63. The van der Waals surface area contributed by atoms with Gasteiger partial charge in [-0.1, -0.05) is 107 Å². The summed E-state index contributed by atoms with van der Waals surface area (Å²) in [6.45, 7) is 29.6. The number of carbonyl (C=O) groups is 2. The van der Waals surface area contributed by atoms with E-state index in [0.717, 1.165) is 33.4 Å². The number of phenols is 2. The highest BCUT2D eigenvalue weighted by Crippen LogP contribution is 2.41. The van der Waals surface area contributed by atoms with Crippen molar-refractivity contribution in [1.29, 1.82) is 0 Å². The molecule has 270 valence electrons. The SMILES string of the molecule is CC(CC(C)(C)OOC(Cc1cc(C(C)(C)C)c(O)c(C(C)(C)C)c1)C(=O)O)OC(=O)CCc1cc(C(C)(C)C)c(O)c(C(C)(C)C)c1. The lowest BCUT2D eigenvalue weighted by molar-refractivity contribution is -0.374. The van der Waals surface area contributed by atoms with Crippen molar-refractivity contribution in [2.45, 2.75) is 169 Å². The molecule has 48 heavy (non-hydrogen) atoms. The lowest BCUT2D eigenvalue weighted by Crippen LogP contribution is -2.35. The molecule has 0 fully saturated rings. The molecule has 8 heteroatoms. The molecular formula is C40H62O8. The maximum absolute atomic E-state index is 12.9. The van der Waals surface area contributed by atoms with Gasteiger partial charge in [-0.05, 0) is 82.2 Å². The largest absolute Gasteiger partial charge is 0.507 e. The number of ether oxygens (including phenoxy) is 1. The zero-order valence-electron chi connectivity index (χ0n) is 32.2. The van der Waals surface area contributed by atoms with Gasteiger partial charge >= 0.3 is 11.9 Å². The lowest BCUT2D eigenvalue weighted by Gasteiger charge is -2.30. The number of aryl methyl sites for hydroxylation is 1. The van der Waals surface area contributed by atoms with Gasteiger partial charge in [0.1, 0.15) is 23.2 Å². The molecule has 0 aliphatic heterocycles. The molecule has 0 aromatic heterocycles. The molecule has 0 amide bonds. The molecule has 2 aromatic rings. The van der Waals surface area contributed by atoms with Crippen molar-refractivity contribution >= 4 is 11.9 Å². The maximum Gasteiger partial charge on any atom is 0.336 e. The second kappa shape index (κ2) is 14.8. The number of hydrogen-bond acceptors (Lipinski definition) is 7. The topological polar surface area (TPSA) is 123 Å². The third-order valence-corrected chi connectivity index (χ3v) is 8.39. The van der Waals surface area contributed by atoms with Gasteiger partial charge in [-0.3, -0.25) is 4.79 Å².